The lowest BCUT2D eigenvalue weighted by molar-refractivity contribution is 0.348. The first kappa shape index (κ1) is 14.8. The first-order valence-corrected chi connectivity index (χ1v) is 7.74. The standard InChI is InChI=1S/C18H12ClNO4/c19-12-5-6-14-13(9-12)15(21)16(22)17(24-14)10-1-3-11(4-2-10)18-20-7-8-23-18/h1-6,9,22H,7-8H2. The highest BCUT2D eigenvalue weighted by Crippen LogP contribution is 2.31. The molecule has 0 unspecified atom stereocenters. The summed E-state index contributed by atoms with van der Waals surface area (Å²) in [7, 11) is 0. The second-order valence-corrected chi connectivity index (χ2v) is 5.80. The van der Waals surface area contributed by atoms with Crippen molar-refractivity contribution < 1.29 is 14.3 Å². The molecule has 5 nitrogen and oxygen atoms in total. The molecule has 4 rings (SSSR count). The van der Waals surface area contributed by atoms with Crippen molar-refractivity contribution in [2.24, 2.45) is 4.99 Å². The number of aromatic hydroxyl groups is 1. The van der Waals surface area contributed by atoms with E-state index in [0.717, 1.165) is 5.56 Å². The molecule has 1 aliphatic rings. The highest BCUT2D eigenvalue weighted by Gasteiger charge is 2.16. The van der Waals surface area contributed by atoms with Crippen molar-refractivity contribution in [3.8, 4) is 17.1 Å². The molecule has 0 saturated carbocycles. The molecule has 0 atom stereocenters. The van der Waals surface area contributed by atoms with Gasteiger partial charge in [-0.1, -0.05) is 23.7 Å². The van der Waals surface area contributed by atoms with Gasteiger partial charge in [0, 0.05) is 16.1 Å². The number of halogens is 1. The fourth-order valence-electron chi connectivity index (χ4n) is 2.63. The van der Waals surface area contributed by atoms with E-state index in [1.54, 1.807) is 24.3 Å². The zero-order chi connectivity index (χ0) is 16.7. The maximum Gasteiger partial charge on any atom is 0.235 e. The first-order chi connectivity index (χ1) is 11.6. The van der Waals surface area contributed by atoms with Crippen molar-refractivity contribution in [3.05, 3.63) is 63.3 Å². The van der Waals surface area contributed by atoms with Crippen molar-refractivity contribution in [3.63, 3.8) is 0 Å². The summed E-state index contributed by atoms with van der Waals surface area (Å²) >= 11 is 5.89. The SMILES string of the molecule is O=c1c(O)c(-c2ccc(C3=NCCO3)cc2)oc2ccc(Cl)cc12. The fourth-order valence-corrected chi connectivity index (χ4v) is 2.80. The van der Waals surface area contributed by atoms with Gasteiger partial charge in [-0.3, -0.25) is 4.79 Å². The van der Waals surface area contributed by atoms with Gasteiger partial charge in [-0.05, 0) is 30.3 Å². The Morgan fingerprint density at radius 3 is 2.54 bits per heavy atom. The van der Waals surface area contributed by atoms with Crippen LogP contribution in [0.1, 0.15) is 5.56 Å². The maximum atomic E-state index is 12.3. The summed E-state index contributed by atoms with van der Waals surface area (Å²) in [5, 5.41) is 10.9. The monoisotopic (exact) mass is 341 g/mol. The number of ether oxygens (including phenoxy) is 1. The van der Waals surface area contributed by atoms with Crippen molar-refractivity contribution in [2.45, 2.75) is 0 Å². The number of fused-ring (bicyclic) bond motifs is 1. The lowest BCUT2D eigenvalue weighted by Crippen LogP contribution is -2.03. The van der Waals surface area contributed by atoms with Gasteiger partial charge in [-0.25, -0.2) is 4.99 Å². The Bertz CT molecular complexity index is 1020. The molecule has 0 spiro atoms. The molecule has 1 aromatic heterocycles. The Kier molecular flexibility index (Phi) is 3.50. The third kappa shape index (κ3) is 2.43. The van der Waals surface area contributed by atoms with E-state index >= 15 is 0 Å². The number of benzene rings is 2. The van der Waals surface area contributed by atoms with Crippen molar-refractivity contribution in [1.82, 2.24) is 0 Å². The predicted molar refractivity (Wildman–Crippen MR) is 92.0 cm³/mol. The highest BCUT2D eigenvalue weighted by molar-refractivity contribution is 6.31. The normalized spacial score (nSPS) is 13.8. The second-order valence-electron chi connectivity index (χ2n) is 5.36. The van der Waals surface area contributed by atoms with Crippen LogP contribution in [0.15, 0.2) is 56.7 Å². The van der Waals surface area contributed by atoms with Gasteiger partial charge < -0.3 is 14.3 Å². The molecule has 2 heterocycles. The molecule has 6 heteroatoms. The Morgan fingerprint density at radius 2 is 1.83 bits per heavy atom. The molecular weight excluding hydrogens is 330 g/mol. The maximum absolute atomic E-state index is 12.3. The quantitative estimate of drug-likeness (QED) is 0.773. The Morgan fingerprint density at radius 1 is 1.08 bits per heavy atom. The molecule has 0 saturated heterocycles. The van der Waals surface area contributed by atoms with E-state index in [1.165, 1.54) is 6.07 Å². The highest BCUT2D eigenvalue weighted by atomic mass is 35.5. The van der Waals surface area contributed by atoms with Crippen LogP contribution < -0.4 is 5.43 Å². The summed E-state index contributed by atoms with van der Waals surface area (Å²) in [4.78, 5) is 16.6. The number of hydrogen-bond donors (Lipinski definition) is 1. The molecule has 2 aromatic carbocycles. The predicted octanol–water partition coefficient (Wildman–Crippen LogP) is 3.60. The average Bonchev–Trinajstić information content (AvgIpc) is 3.13. The molecule has 0 aliphatic carbocycles. The van der Waals surface area contributed by atoms with E-state index < -0.39 is 11.2 Å². The molecular formula is C18H12ClNO4. The molecule has 0 amide bonds. The minimum atomic E-state index is -0.513. The summed E-state index contributed by atoms with van der Waals surface area (Å²) in [6.45, 7) is 1.24. The van der Waals surface area contributed by atoms with Gasteiger partial charge in [-0.15, -0.1) is 0 Å². The smallest absolute Gasteiger partial charge is 0.235 e. The molecule has 0 radical (unpaired) electrons. The second kappa shape index (κ2) is 5.69. The lowest BCUT2D eigenvalue weighted by atomic mass is 10.1. The topological polar surface area (TPSA) is 72.0 Å². The van der Waals surface area contributed by atoms with E-state index in [4.69, 9.17) is 20.8 Å². The largest absolute Gasteiger partial charge is 0.502 e. The van der Waals surface area contributed by atoms with Gasteiger partial charge in [0.05, 0.1) is 11.9 Å². The minimum absolute atomic E-state index is 0.121. The van der Waals surface area contributed by atoms with E-state index in [1.807, 2.05) is 12.1 Å². The van der Waals surface area contributed by atoms with Crippen LogP contribution in [0.2, 0.25) is 5.02 Å². The number of nitrogens with zero attached hydrogens (tertiary/aromatic N) is 1. The number of aliphatic imine (C=N–C) groups is 1. The first-order valence-electron chi connectivity index (χ1n) is 7.37. The number of hydrogen-bond acceptors (Lipinski definition) is 5. The summed E-state index contributed by atoms with van der Waals surface area (Å²) in [5.41, 5.74) is 1.28. The third-order valence-electron chi connectivity index (χ3n) is 3.81. The minimum Gasteiger partial charge on any atom is -0.502 e. The molecule has 3 aromatic rings. The van der Waals surface area contributed by atoms with E-state index in [0.29, 0.717) is 35.2 Å². The third-order valence-corrected chi connectivity index (χ3v) is 4.04. The molecule has 0 bridgehead atoms. The summed E-state index contributed by atoms with van der Waals surface area (Å²) in [6.07, 6.45) is 0. The van der Waals surface area contributed by atoms with Crippen LogP contribution in [0.25, 0.3) is 22.3 Å². The van der Waals surface area contributed by atoms with Gasteiger partial charge in [-0.2, -0.15) is 0 Å². The summed E-state index contributed by atoms with van der Waals surface area (Å²) in [5.74, 6) is 0.281. The Labute approximate surface area is 141 Å². The molecule has 0 fully saturated rings. The van der Waals surface area contributed by atoms with E-state index in [-0.39, 0.29) is 11.1 Å². The number of rotatable bonds is 2. The molecule has 1 N–H and O–H groups in total. The van der Waals surface area contributed by atoms with Crippen LogP contribution >= 0.6 is 11.6 Å². The van der Waals surface area contributed by atoms with Gasteiger partial charge in [0.15, 0.2) is 5.76 Å². The van der Waals surface area contributed by atoms with Gasteiger partial charge in [0.1, 0.15) is 12.2 Å². The van der Waals surface area contributed by atoms with Crippen LogP contribution in [0.4, 0.5) is 0 Å². The van der Waals surface area contributed by atoms with Crippen LogP contribution in [-0.2, 0) is 4.74 Å². The van der Waals surface area contributed by atoms with Crippen molar-refractivity contribution in [2.75, 3.05) is 13.2 Å². The molecule has 1 aliphatic heterocycles. The van der Waals surface area contributed by atoms with Gasteiger partial charge in [0.2, 0.25) is 17.1 Å². The zero-order valence-electron chi connectivity index (χ0n) is 12.5. The van der Waals surface area contributed by atoms with E-state index in [9.17, 15) is 9.90 Å². The lowest BCUT2D eigenvalue weighted by Gasteiger charge is -2.07. The van der Waals surface area contributed by atoms with Gasteiger partial charge >= 0.3 is 0 Å². The van der Waals surface area contributed by atoms with Crippen LogP contribution in [0.5, 0.6) is 5.75 Å². The zero-order valence-corrected chi connectivity index (χ0v) is 13.2. The van der Waals surface area contributed by atoms with Gasteiger partial charge in [0.25, 0.3) is 0 Å². The summed E-state index contributed by atoms with van der Waals surface area (Å²) in [6, 6.07) is 11.8. The van der Waals surface area contributed by atoms with Crippen molar-refractivity contribution in [1.29, 1.82) is 0 Å². The Hall–Kier alpha value is -2.79. The molecule has 120 valence electrons. The van der Waals surface area contributed by atoms with E-state index in [2.05, 4.69) is 4.99 Å². The Balaban J connectivity index is 1.83. The van der Waals surface area contributed by atoms with Crippen LogP contribution in [0.3, 0.4) is 0 Å². The van der Waals surface area contributed by atoms with Crippen LogP contribution in [0, 0.1) is 0 Å². The summed E-state index contributed by atoms with van der Waals surface area (Å²) < 4.78 is 11.1. The van der Waals surface area contributed by atoms with Crippen molar-refractivity contribution >= 4 is 28.5 Å². The average molecular weight is 342 g/mol. The fraction of sp³-hybridized carbons (Fsp3) is 0.111. The van der Waals surface area contributed by atoms with Crippen LogP contribution in [-0.4, -0.2) is 24.2 Å². The molecule has 24 heavy (non-hydrogen) atoms.